The molecule has 0 aliphatic carbocycles. The van der Waals surface area contributed by atoms with Gasteiger partial charge in [-0.15, -0.1) is 0 Å². The molecule has 0 fully saturated rings. The summed E-state index contributed by atoms with van der Waals surface area (Å²) in [6.07, 6.45) is -0.380. The molecular weight excluding hydrogens is 355 g/mol. The number of alkyl halides is 3. The Hall–Kier alpha value is -2.70. The number of fused-ring (bicyclic) bond motifs is 1. The minimum Gasteiger partial charge on any atom is -0.344 e. The lowest BCUT2D eigenvalue weighted by Crippen LogP contribution is -2.22. The first-order chi connectivity index (χ1) is 12.6. The maximum atomic E-state index is 13.1. The third-order valence-corrected chi connectivity index (χ3v) is 4.85. The van der Waals surface area contributed by atoms with Crippen LogP contribution >= 0.6 is 0 Å². The first kappa shape index (κ1) is 19.1. The highest BCUT2D eigenvalue weighted by Crippen LogP contribution is 2.34. The number of aromatic nitrogens is 3. The summed E-state index contributed by atoms with van der Waals surface area (Å²) in [6.45, 7) is 7.65. The van der Waals surface area contributed by atoms with Gasteiger partial charge in [0, 0.05) is 41.1 Å². The largest absolute Gasteiger partial charge is 0.454 e. The molecule has 3 aromatic rings. The van der Waals surface area contributed by atoms with Crippen molar-refractivity contribution in [2.75, 3.05) is 0 Å². The summed E-state index contributed by atoms with van der Waals surface area (Å²) in [5.41, 5.74) is 1.60. The molecule has 142 valence electrons. The average molecular weight is 375 g/mol. The number of halogens is 3. The molecule has 1 unspecified atom stereocenters. The number of carbonyl (C=O) groups excluding carboxylic acids is 1. The number of hydrogen-bond acceptors (Lipinski definition) is 3. The van der Waals surface area contributed by atoms with Crippen molar-refractivity contribution < 1.29 is 18.0 Å². The molecule has 7 heteroatoms. The van der Waals surface area contributed by atoms with Gasteiger partial charge in [-0.25, -0.2) is 9.97 Å². The van der Waals surface area contributed by atoms with Gasteiger partial charge in [0.05, 0.1) is 5.56 Å². The Bertz CT molecular complexity index is 988. The van der Waals surface area contributed by atoms with Crippen LogP contribution < -0.4 is 0 Å². The zero-order chi connectivity index (χ0) is 19.9. The molecule has 2 aromatic heterocycles. The normalized spacial score (nSPS) is 13.3. The molecule has 0 bridgehead atoms. The highest BCUT2D eigenvalue weighted by Gasteiger charge is 2.41. The first-order valence-electron chi connectivity index (χ1n) is 8.64. The van der Waals surface area contributed by atoms with Gasteiger partial charge in [-0.05, 0) is 37.5 Å². The number of nitrogens with zero attached hydrogens (tertiary/aromatic N) is 3. The molecule has 0 saturated heterocycles. The van der Waals surface area contributed by atoms with E-state index in [1.807, 2.05) is 26.8 Å². The van der Waals surface area contributed by atoms with Crippen LogP contribution in [0.3, 0.4) is 0 Å². The van der Waals surface area contributed by atoms with Crippen LogP contribution in [-0.2, 0) is 0 Å². The summed E-state index contributed by atoms with van der Waals surface area (Å²) in [5, 5.41) is 0.280. The molecule has 0 aliphatic heterocycles. The Labute approximate surface area is 155 Å². The number of hydrogen-bond donors (Lipinski definition) is 0. The van der Waals surface area contributed by atoms with Crippen molar-refractivity contribution in [3.63, 3.8) is 0 Å². The second-order valence-corrected chi connectivity index (χ2v) is 7.01. The molecule has 0 aliphatic rings. The summed E-state index contributed by atoms with van der Waals surface area (Å²) in [4.78, 5) is 20.3. The molecule has 27 heavy (non-hydrogen) atoms. The molecule has 1 aromatic carbocycles. The fourth-order valence-corrected chi connectivity index (χ4v) is 2.97. The highest BCUT2D eigenvalue weighted by molar-refractivity contribution is 6.11. The SMILES string of the molecule is Cc1ncc(-c2ccc3c(c2)c(C(=O)C(F)(F)F)cn3C(C)C(C)C)cn1. The Morgan fingerprint density at radius 1 is 1.07 bits per heavy atom. The van der Waals surface area contributed by atoms with Gasteiger partial charge in [-0.3, -0.25) is 4.79 Å². The zero-order valence-electron chi connectivity index (χ0n) is 15.5. The van der Waals surface area contributed by atoms with Crippen LogP contribution in [0.4, 0.5) is 13.2 Å². The van der Waals surface area contributed by atoms with Crippen LogP contribution in [0, 0.1) is 12.8 Å². The third kappa shape index (κ3) is 3.59. The van der Waals surface area contributed by atoms with Crippen molar-refractivity contribution in [2.45, 2.75) is 39.9 Å². The Morgan fingerprint density at radius 2 is 1.70 bits per heavy atom. The molecule has 0 spiro atoms. The number of carbonyl (C=O) groups is 1. The second-order valence-electron chi connectivity index (χ2n) is 7.01. The van der Waals surface area contributed by atoms with E-state index in [2.05, 4.69) is 9.97 Å². The molecule has 1 atom stereocenters. The van der Waals surface area contributed by atoms with Crippen LogP contribution in [0.2, 0.25) is 0 Å². The number of ketones is 1. The summed E-state index contributed by atoms with van der Waals surface area (Å²) in [6, 6.07) is 5.10. The standard InChI is InChI=1S/C20H20F3N3O/c1-11(2)12(3)26-10-17(19(27)20(21,22)23)16-7-14(5-6-18(16)26)15-8-24-13(4)25-9-15/h5-12H,1-4H3. The van der Waals surface area contributed by atoms with Gasteiger partial charge in [0.2, 0.25) is 0 Å². The van der Waals surface area contributed by atoms with Gasteiger partial charge in [0.15, 0.2) is 0 Å². The fraction of sp³-hybridized carbons (Fsp3) is 0.350. The van der Waals surface area contributed by atoms with Gasteiger partial charge < -0.3 is 4.57 Å². The van der Waals surface area contributed by atoms with Gasteiger partial charge >= 0.3 is 6.18 Å². The van der Waals surface area contributed by atoms with Crippen LogP contribution in [0.1, 0.15) is 43.0 Å². The maximum Gasteiger partial charge on any atom is 0.454 e. The monoisotopic (exact) mass is 375 g/mol. The average Bonchev–Trinajstić information content (AvgIpc) is 2.98. The van der Waals surface area contributed by atoms with E-state index >= 15 is 0 Å². The van der Waals surface area contributed by atoms with Crippen molar-refractivity contribution >= 4 is 16.7 Å². The zero-order valence-corrected chi connectivity index (χ0v) is 15.5. The van der Waals surface area contributed by atoms with E-state index in [1.54, 1.807) is 36.0 Å². The molecule has 0 amide bonds. The molecule has 0 N–H and O–H groups in total. The van der Waals surface area contributed by atoms with Crippen molar-refractivity contribution in [3.8, 4) is 11.1 Å². The topological polar surface area (TPSA) is 47.8 Å². The fourth-order valence-electron chi connectivity index (χ4n) is 2.97. The summed E-state index contributed by atoms with van der Waals surface area (Å²) in [7, 11) is 0. The van der Waals surface area contributed by atoms with E-state index in [4.69, 9.17) is 0 Å². The minimum absolute atomic E-state index is 0.0594. The van der Waals surface area contributed by atoms with Gasteiger partial charge in [0.1, 0.15) is 5.82 Å². The smallest absolute Gasteiger partial charge is 0.344 e. The van der Waals surface area contributed by atoms with Crippen molar-refractivity contribution in [2.24, 2.45) is 5.92 Å². The number of rotatable bonds is 4. The second kappa shape index (κ2) is 6.79. The van der Waals surface area contributed by atoms with E-state index in [0.29, 0.717) is 22.5 Å². The molecule has 0 radical (unpaired) electrons. The predicted octanol–water partition coefficient (Wildman–Crippen LogP) is 5.37. The van der Waals surface area contributed by atoms with E-state index in [-0.39, 0.29) is 22.9 Å². The number of aryl methyl sites for hydroxylation is 1. The lowest BCUT2D eigenvalue weighted by Gasteiger charge is -2.19. The number of Topliss-reactive ketones (excluding diaryl/α,β-unsaturated/α-hetero) is 1. The predicted molar refractivity (Wildman–Crippen MR) is 97.6 cm³/mol. The van der Waals surface area contributed by atoms with Crippen LogP contribution in [-0.4, -0.2) is 26.5 Å². The molecule has 0 saturated carbocycles. The summed E-state index contributed by atoms with van der Waals surface area (Å²) in [5.74, 6) is -1.04. The quantitative estimate of drug-likeness (QED) is 0.576. The Kier molecular flexibility index (Phi) is 4.80. The molecular formula is C20H20F3N3O. The van der Waals surface area contributed by atoms with E-state index in [1.165, 1.54) is 6.20 Å². The summed E-state index contributed by atoms with van der Waals surface area (Å²) >= 11 is 0. The summed E-state index contributed by atoms with van der Waals surface area (Å²) < 4.78 is 41.1. The van der Waals surface area contributed by atoms with E-state index in [9.17, 15) is 18.0 Å². The van der Waals surface area contributed by atoms with Crippen molar-refractivity contribution in [1.29, 1.82) is 0 Å². The molecule has 4 nitrogen and oxygen atoms in total. The first-order valence-corrected chi connectivity index (χ1v) is 8.64. The van der Waals surface area contributed by atoms with Crippen LogP contribution in [0.15, 0.2) is 36.8 Å². The lowest BCUT2D eigenvalue weighted by molar-refractivity contribution is -0.0884. The Morgan fingerprint density at radius 3 is 2.26 bits per heavy atom. The van der Waals surface area contributed by atoms with Crippen LogP contribution in [0.5, 0.6) is 0 Å². The minimum atomic E-state index is -4.93. The van der Waals surface area contributed by atoms with Crippen LogP contribution in [0.25, 0.3) is 22.0 Å². The lowest BCUT2D eigenvalue weighted by atomic mass is 10.0. The molecule has 2 heterocycles. The molecule has 3 rings (SSSR count). The van der Waals surface area contributed by atoms with Crippen molar-refractivity contribution in [3.05, 3.63) is 48.2 Å². The van der Waals surface area contributed by atoms with Gasteiger partial charge in [0.25, 0.3) is 5.78 Å². The van der Waals surface area contributed by atoms with Crippen molar-refractivity contribution in [1.82, 2.24) is 14.5 Å². The van der Waals surface area contributed by atoms with Gasteiger partial charge in [-0.1, -0.05) is 19.9 Å². The van der Waals surface area contributed by atoms with Gasteiger partial charge in [-0.2, -0.15) is 13.2 Å². The Balaban J connectivity index is 2.23. The third-order valence-electron chi connectivity index (χ3n) is 4.85. The van der Waals surface area contributed by atoms with E-state index in [0.717, 1.165) is 0 Å². The highest BCUT2D eigenvalue weighted by atomic mass is 19.4. The maximum absolute atomic E-state index is 13.1. The number of benzene rings is 1. The van der Waals surface area contributed by atoms with E-state index < -0.39 is 12.0 Å².